The molecule has 1 unspecified atom stereocenters. The standard InChI is InChI=1S/C21H25ClN2O5S/c1-6-29-21(26)16-8-10-18(14(3)11-16)23-20(25)15(4)24(30(5,27)28)19-12-17(22)9-7-13(19)2/h7-12,15H,6H2,1-5H3,(H,23,25). The maximum atomic E-state index is 12.9. The number of hydrogen-bond acceptors (Lipinski definition) is 5. The minimum absolute atomic E-state index is 0.262. The van der Waals surface area contributed by atoms with E-state index in [9.17, 15) is 18.0 Å². The Morgan fingerprint density at radius 1 is 1.13 bits per heavy atom. The Balaban J connectivity index is 2.32. The van der Waals surface area contributed by atoms with Gasteiger partial charge in [-0.2, -0.15) is 0 Å². The number of nitrogens with one attached hydrogen (secondary N) is 1. The first-order valence-electron chi connectivity index (χ1n) is 9.30. The number of sulfonamides is 1. The van der Waals surface area contributed by atoms with E-state index in [4.69, 9.17) is 16.3 Å². The van der Waals surface area contributed by atoms with Gasteiger partial charge in [0.05, 0.1) is 24.1 Å². The highest BCUT2D eigenvalue weighted by molar-refractivity contribution is 7.92. The third kappa shape index (κ3) is 5.52. The second-order valence-corrected chi connectivity index (χ2v) is 9.20. The minimum Gasteiger partial charge on any atom is -0.462 e. The van der Waals surface area contributed by atoms with Gasteiger partial charge in [0, 0.05) is 10.7 Å². The van der Waals surface area contributed by atoms with Crippen molar-refractivity contribution in [1.82, 2.24) is 0 Å². The molecule has 7 nitrogen and oxygen atoms in total. The monoisotopic (exact) mass is 452 g/mol. The Labute approximate surface area is 182 Å². The molecule has 30 heavy (non-hydrogen) atoms. The van der Waals surface area contributed by atoms with Gasteiger partial charge in [0.1, 0.15) is 6.04 Å². The second-order valence-electron chi connectivity index (χ2n) is 6.91. The van der Waals surface area contributed by atoms with Gasteiger partial charge in [0.2, 0.25) is 15.9 Å². The van der Waals surface area contributed by atoms with Crippen LogP contribution in [0, 0.1) is 13.8 Å². The summed E-state index contributed by atoms with van der Waals surface area (Å²) < 4.78 is 31.0. The van der Waals surface area contributed by atoms with Gasteiger partial charge in [-0.15, -0.1) is 0 Å². The van der Waals surface area contributed by atoms with Crippen molar-refractivity contribution in [3.05, 3.63) is 58.1 Å². The number of amides is 1. The maximum absolute atomic E-state index is 12.9. The molecule has 1 atom stereocenters. The average molecular weight is 453 g/mol. The number of nitrogens with zero attached hydrogens (tertiary/aromatic N) is 1. The number of rotatable bonds is 7. The molecular weight excluding hydrogens is 428 g/mol. The van der Waals surface area contributed by atoms with Crippen molar-refractivity contribution < 1.29 is 22.7 Å². The highest BCUT2D eigenvalue weighted by Crippen LogP contribution is 2.29. The molecule has 0 fully saturated rings. The molecule has 0 saturated heterocycles. The van der Waals surface area contributed by atoms with Crippen LogP contribution in [0.1, 0.15) is 35.3 Å². The molecule has 9 heteroatoms. The quantitative estimate of drug-likeness (QED) is 0.642. The van der Waals surface area contributed by atoms with Crippen molar-refractivity contribution in [1.29, 1.82) is 0 Å². The van der Waals surface area contributed by atoms with E-state index in [1.165, 1.54) is 13.0 Å². The van der Waals surface area contributed by atoms with Crippen LogP contribution >= 0.6 is 11.6 Å². The molecule has 162 valence electrons. The van der Waals surface area contributed by atoms with Gasteiger partial charge in [-0.25, -0.2) is 13.2 Å². The Bertz CT molecular complexity index is 1070. The average Bonchev–Trinajstić information content (AvgIpc) is 2.65. The van der Waals surface area contributed by atoms with Crippen molar-refractivity contribution in [2.75, 3.05) is 22.5 Å². The predicted octanol–water partition coefficient (Wildman–Crippen LogP) is 3.93. The molecule has 0 heterocycles. The summed E-state index contributed by atoms with van der Waals surface area (Å²) in [5.74, 6) is -0.974. The normalized spacial score (nSPS) is 12.2. The summed E-state index contributed by atoms with van der Waals surface area (Å²) in [7, 11) is -3.78. The lowest BCUT2D eigenvalue weighted by atomic mass is 10.1. The number of anilines is 2. The molecule has 0 aliphatic heterocycles. The molecule has 2 rings (SSSR count). The van der Waals surface area contributed by atoms with Crippen molar-refractivity contribution in [2.45, 2.75) is 33.7 Å². The number of halogens is 1. The van der Waals surface area contributed by atoms with Gasteiger partial charge in [-0.1, -0.05) is 17.7 Å². The zero-order valence-corrected chi connectivity index (χ0v) is 19.1. The largest absolute Gasteiger partial charge is 0.462 e. The Kier molecular flexibility index (Phi) is 7.49. The van der Waals surface area contributed by atoms with Crippen LogP contribution in [0.2, 0.25) is 5.02 Å². The summed E-state index contributed by atoms with van der Waals surface area (Å²) in [6, 6.07) is 8.55. The molecule has 1 amide bonds. The van der Waals surface area contributed by atoms with Crippen LogP contribution in [0.5, 0.6) is 0 Å². The topological polar surface area (TPSA) is 92.8 Å². The summed E-state index contributed by atoms with van der Waals surface area (Å²) in [6.45, 7) is 6.96. The van der Waals surface area contributed by atoms with Crippen LogP contribution in [-0.4, -0.2) is 39.2 Å². The highest BCUT2D eigenvalue weighted by atomic mass is 35.5. The minimum atomic E-state index is -3.78. The second kappa shape index (κ2) is 9.49. The molecule has 0 saturated carbocycles. The van der Waals surface area contributed by atoms with E-state index in [0.29, 0.717) is 33.1 Å². The fraction of sp³-hybridized carbons (Fsp3) is 0.333. The van der Waals surface area contributed by atoms with Crippen LogP contribution in [-0.2, 0) is 19.6 Å². The first kappa shape index (κ1) is 23.7. The lowest BCUT2D eigenvalue weighted by Crippen LogP contribution is -2.45. The third-order valence-electron chi connectivity index (χ3n) is 4.49. The molecule has 0 aliphatic carbocycles. The Hall–Kier alpha value is -2.58. The molecule has 0 aromatic heterocycles. The number of aryl methyl sites for hydroxylation is 2. The van der Waals surface area contributed by atoms with Gasteiger partial charge >= 0.3 is 5.97 Å². The van der Waals surface area contributed by atoms with Crippen molar-refractivity contribution in [3.63, 3.8) is 0 Å². The zero-order valence-electron chi connectivity index (χ0n) is 17.5. The lowest BCUT2D eigenvalue weighted by molar-refractivity contribution is -0.116. The van der Waals surface area contributed by atoms with Crippen LogP contribution in [0.3, 0.4) is 0 Å². The molecule has 0 bridgehead atoms. The summed E-state index contributed by atoms with van der Waals surface area (Å²) in [6.07, 6.45) is 1.04. The number of carbonyl (C=O) groups excluding carboxylic acids is 2. The van der Waals surface area contributed by atoms with Crippen molar-refractivity contribution >= 4 is 44.9 Å². The fourth-order valence-corrected chi connectivity index (χ4v) is 4.37. The van der Waals surface area contributed by atoms with Gasteiger partial charge in [0.15, 0.2) is 0 Å². The summed E-state index contributed by atoms with van der Waals surface area (Å²) in [5.41, 5.74) is 2.48. The smallest absolute Gasteiger partial charge is 0.338 e. The molecular formula is C21H25ClN2O5S. The summed E-state index contributed by atoms with van der Waals surface area (Å²) in [5, 5.41) is 3.10. The maximum Gasteiger partial charge on any atom is 0.338 e. The van der Waals surface area contributed by atoms with Gasteiger partial charge in [-0.05, 0) is 69.2 Å². The van der Waals surface area contributed by atoms with Crippen molar-refractivity contribution in [3.8, 4) is 0 Å². The molecule has 0 spiro atoms. The number of ether oxygens (including phenoxy) is 1. The number of benzene rings is 2. The van der Waals surface area contributed by atoms with Crippen molar-refractivity contribution in [2.24, 2.45) is 0 Å². The first-order chi connectivity index (χ1) is 14.0. The highest BCUT2D eigenvalue weighted by Gasteiger charge is 2.30. The van der Waals surface area contributed by atoms with E-state index in [1.54, 1.807) is 51.1 Å². The summed E-state index contributed by atoms with van der Waals surface area (Å²) >= 11 is 6.05. The Morgan fingerprint density at radius 2 is 1.80 bits per heavy atom. The molecule has 1 N–H and O–H groups in total. The Morgan fingerprint density at radius 3 is 2.37 bits per heavy atom. The van der Waals surface area contributed by atoms with E-state index in [2.05, 4.69) is 5.32 Å². The molecule has 0 radical (unpaired) electrons. The fourth-order valence-electron chi connectivity index (χ4n) is 2.98. The van der Waals surface area contributed by atoms with E-state index < -0.39 is 27.9 Å². The van der Waals surface area contributed by atoms with Gasteiger partial charge in [-0.3, -0.25) is 9.10 Å². The number of hydrogen-bond donors (Lipinski definition) is 1. The first-order valence-corrected chi connectivity index (χ1v) is 11.5. The molecule has 2 aromatic carbocycles. The molecule has 0 aliphatic rings. The van der Waals surface area contributed by atoms with Gasteiger partial charge < -0.3 is 10.1 Å². The molecule has 2 aromatic rings. The van der Waals surface area contributed by atoms with E-state index in [1.807, 2.05) is 0 Å². The van der Waals surface area contributed by atoms with E-state index in [0.717, 1.165) is 10.6 Å². The van der Waals surface area contributed by atoms with Crippen LogP contribution in [0.4, 0.5) is 11.4 Å². The van der Waals surface area contributed by atoms with Crippen LogP contribution in [0.15, 0.2) is 36.4 Å². The van der Waals surface area contributed by atoms with E-state index >= 15 is 0 Å². The predicted molar refractivity (Wildman–Crippen MR) is 119 cm³/mol. The van der Waals surface area contributed by atoms with Crippen LogP contribution < -0.4 is 9.62 Å². The SMILES string of the molecule is CCOC(=O)c1ccc(NC(=O)C(C)N(c2cc(Cl)ccc2C)S(C)(=O)=O)c(C)c1. The zero-order chi connectivity index (χ0) is 22.6. The van der Waals surface area contributed by atoms with Gasteiger partial charge in [0.25, 0.3) is 0 Å². The van der Waals surface area contributed by atoms with Crippen LogP contribution in [0.25, 0.3) is 0 Å². The van der Waals surface area contributed by atoms with E-state index in [-0.39, 0.29) is 6.61 Å². The third-order valence-corrected chi connectivity index (χ3v) is 5.96. The number of esters is 1. The number of carbonyl (C=O) groups is 2. The summed E-state index contributed by atoms with van der Waals surface area (Å²) in [4.78, 5) is 24.8. The lowest BCUT2D eigenvalue weighted by Gasteiger charge is -2.29.